The lowest BCUT2D eigenvalue weighted by Gasteiger charge is -2.03. The fourth-order valence-corrected chi connectivity index (χ4v) is 1.41. The van der Waals surface area contributed by atoms with E-state index in [0.29, 0.717) is 28.3 Å². The maximum atomic E-state index is 11.9. The second-order valence-corrected chi connectivity index (χ2v) is 3.75. The van der Waals surface area contributed by atoms with Gasteiger partial charge in [0.05, 0.1) is 23.0 Å². The van der Waals surface area contributed by atoms with E-state index in [9.17, 15) is 4.79 Å². The molecule has 4 N–H and O–H groups in total. The van der Waals surface area contributed by atoms with Gasteiger partial charge in [-0.1, -0.05) is 0 Å². The molecule has 0 aliphatic heterocycles. The molecule has 18 heavy (non-hydrogen) atoms. The van der Waals surface area contributed by atoms with Crippen LogP contribution >= 0.6 is 0 Å². The highest BCUT2D eigenvalue weighted by Crippen LogP contribution is 2.18. The van der Waals surface area contributed by atoms with E-state index in [1.165, 1.54) is 0 Å². The van der Waals surface area contributed by atoms with Crippen LogP contribution in [-0.4, -0.2) is 16.1 Å². The number of rotatable bonds is 2. The van der Waals surface area contributed by atoms with Crippen LogP contribution < -0.4 is 11.1 Å². The van der Waals surface area contributed by atoms with E-state index in [2.05, 4.69) is 15.5 Å². The summed E-state index contributed by atoms with van der Waals surface area (Å²) in [6, 6.07) is 8.29. The summed E-state index contributed by atoms with van der Waals surface area (Å²) in [7, 11) is 0. The van der Waals surface area contributed by atoms with Crippen LogP contribution in [0.25, 0.3) is 0 Å². The van der Waals surface area contributed by atoms with E-state index in [1.807, 2.05) is 6.07 Å². The highest BCUT2D eigenvalue weighted by molar-refractivity contribution is 6.05. The quantitative estimate of drug-likeness (QED) is 0.738. The number of aryl methyl sites for hydroxylation is 1. The predicted molar refractivity (Wildman–Crippen MR) is 66.8 cm³/mol. The van der Waals surface area contributed by atoms with Crippen molar-refractivity contribution in [3.63, 3.8) is 0 Å². The van der Waals surface area contributed by atoms with Gasteiger partial charge in [-0.05, 0) is 31.2 Å². The van der Waals surface area contributed by atoms with E-state index in [4.69, 9.17) is 11.0 Å². The molecule has 1 aromatic carbocycles. The van der Waals surface area contributed by atoms with E-state index in [1.54, 1.807) is 31.2 Å². The number of nitrogens with one attached hydrogen (secondary N) is 2. The summed E-state index contributed by atoms with van der Waals surface area (Å²) in [5.41, 5.74) is 7.78. The van der Waals surface area contributed by atoms with Gasteiger partial charge in [0.15, 0.2) is 5.82 Å². The van der Waals surface area contributed by atoms with Gasteiger partial charge in [0.2, 0.25) is 0 Å². The third kappa shape index (κ3) is 2.15. The number of anilines is 2. The second kappa shape index (κ2) is 4.59. The van der Waals surface area contributed by atoms with Crippen LogP contribution in [0.5, 0.6) is 0 Å². The number of amides is 1. The van der Waals surface area contributed by atoms with Gasteiger partial charge in [0.1, 0.15) is 0 Å². The first-order valence-electron chi connectivity index (χ1n) is 5.23. The Morgan fingerprint density at radius 1 is 1.44 bits per heavy atom. The number of carbonyl (C=O) groups excluding carboxylic acids is 1. The number of carbonyl (C=O) groups is 1. The lowest BCUT2D eigenvalue weighted by Crippen LogP contribution is -2.13. The Kier molecular flexibility index (Phi) is 2.98. The molecule has 0 aliphatic rings. The van der Waals surface area contributed by atoms with Gasteiger partial charge in [-0.3, -0.25) is 9.89 Å². The first-order valence-corrected chi connectivity index (χ1v) is 5.23. The van der Waals surface area contributed by atoms with Crippen molar-refractivity contribution in [2.24, 2.45) is 0 Å². The molecule has 1 aromatic heterocycles. The largest absolute Gasteiger partial charge is 0.394 e. The average Bonchev–Trinajstić information content (AvgIpc) is 2.71. The second-order valence-electron chi connectivity index (χ2n) is 3.75. The molecule has 1 heterocycles. The Hall–Kier alpha value is -2.81. The van der Waals surface area contributed by atoms with Crippen molar-refractivity contribution >= 4 is 17.4 Å². The predicted octanol–water partition coefficient (Wildman–Crippen LogP) is 1.42. The number of nitriles is 1. The van der Waals surface area contributed by atoms with Crippen LogP contribution in [0.1, 0.15) is 21.6 Å². The van der Waals surface area contributed by atoms with Crippen molar-refractivity contribution in [2.45, 2.75) is 6.92 Å². The van der Waals surface area contributed by atoms with Crippen LogP contribution in [0, 0.1) is 18.3 Å². The monoisotopic (exact) mass is 241 g/mol. The van der Waals surface area contributed by atoms with Crippen molar-refractivity contribution in [2.75, 3.05) is 11.1 Å². The highest BCUT2D eigenvalue weighted by atomic mass is 16.1. The maximum Gasteiger partial charge on any atom is 0.256 e. The first-order chi connectivity index (χ1) is 8.61. The first kappa shape index (κ1) is 11.7. The number of nitrogen functional groups attached to an aromatic ring is 1. The van der Waals surface area contributed by atoms with Crippen LogP contribution in [0.4, 0.5) is 11.5 Å². The van der Waals surface area contributed by atoms with Crippen LogP contribution in [0.2, 0.25) is 0 Å². The molecule has 0 bridgehead atoms. The molecule has 2 aromatic rings. The number of nitrogens with two attached hydrogens (primary N) is 1. The van der Waals surface area contributed by atoms with Gasteiger partial charge in [-0.15, -0.1) is 0 Å². The maximum absolute atomic E-state index is 11.9. The SMILES string of the molecule is Cc1[nH]nc(NC(=O)c2ccc(C#N)cc2)c1N. The summed E-state index contributed by atoms with van der Waals surface area (Å²) in [5.74, 6) is -0.0143. The average molecular weight is 241 g/mol. The molecule has 0 fully saturated rings. The molecule has 6 heteroatoms. The Morgan fingerprint density at radius 2 is 2.11 bits per heavy atom. The standard InChI is InChI=1S/C12H11N5O/c1-7-10(14)11(17-16-7)15-12(18)9-4-2-8(6-13)3-5-9/h2-5H,14H2,1H3,(H2,15,16,17,18). The fraction of sp³-hybridized carbons (Fsp3) is 0.0833. The van der Waals surface area contributed by atoms with E-state index in [0.717, 1.165) is 0 Å². The molecule has 0 radical (unpaired) electrons. The van der Waals surface area contributed by atoms with Gasteiger partial charge in [-0.25, -0.2) is 0 Å². The Balaban J connectivity index is 2.17. The molecule has 0 atom stereocenters. The van der Waals surface area contributed by atoms with Crippen molar-refractivity contribution in [1.29, 1.82) is 5.26 Å². The molecule has 90 valence electrons. The van der Waals surface area contributed by atoms with Crippen LogP contribution in [0.3, 0.4) is 0 Å². The van der Waals surface area contributed by atoms with Gasteiger partial charge >= 0.3 is 0 Å². The summed E-state index contributed by atoms with van der Waals surface area (Å²) in [5, 5.41) is 17.8. The smallest absolute Gasteiger partial charge is 0.256 e. The summed E-state index contributed by atoms with van der Waals surface area (Å²) in [6.07, 6.45) is 0. The van der Waals surface area contributed by atoms with E-state index >= 15 is 0 Å². The number of H-pyrrole nitrogens is 1. The van der Waals surface area contributed by atoms with Crippen LogP contribution in [-0.2, 0) is 0 Å². The molecule has 0 saturated heterocycles. The number of benzene rings is 1. The number of nitrogens with zero attached hydrogens (tertiary/aromatic N) is 2. The van der Waals surface area contributed by atoms with Gasteiger partial charge < -0.3 is 11.1 Å². The number of aromatic nitrogens is 2. The van der Waals surface area contributed by atoms with E-state index < -0.39 is 0 Å². The molecule has 0 spiro atoms. The molecule has 0 saturated carbocycles. The van der Waals surface area contributed by atoms with Gasteiger partial charge in [0.25, 0.3) is 5.91 Å². The number of hydrogen-bond donors (Lipinski definition) is 3. The van der Waals surface area contributed by atoms with Crippen LogP contribution in [0.15, 0.2) is 24.3 Å². The number of aromatic amines is 1. The zero-order chi connectivity index (χ0) is 13.1. The third-order valence-corrected chi connectivity index (χ3v) is 2.50. The zero-order valence-electron chi connectivity index (χ0n) is 9.69. The molecular formula is C12H11N5O. The minimum Gasteiger partial charge on any atom is -0.394 e. The molecule has 2 rings (SSSR count). The summed E-state index contributed by atoms with van der Waals surface area (Å²) in [6.45, 7) is 1.76. The van der Waals surface area contributed by atoms with Crippen molar-refractivity contribution in [1.82, 2.24) is 10.2 Å². The summed E-state index contributed by atoms with van der Waals surface area (Å²) in [4.78, 5) is 11.9. The lowest BCUT2D eigenvalue weighted by molar-refractivity contribution is 0.102. The van der Waals surface area contributed by atoms with Gasteiger partial charge in [0, 0.05) is 5.56 Å². The summed E-state index contributed by atoms with van der Waals surface area (Å²) >= 11 is 0. The topological polar surface area (TPSA) is 108 Å². The van der Waals surface area contributed by atoms with Crippen molar-refractivity contribution in [3.8, 4) is 6.07 Å². The highest BCUT2D eigenvalue weighted by Gasteiger charge is 2.11. The molecule has 1 amide bonds. The Morgan fingerprint density at radius 3 is 2.61 bits per heavy atom. The molecule has 6 nitrogen and oxygen atoms in total. The zero-order valence-corrected chi connectivity index (χ0v) is 9.69. The van der Waals surface area contributed by atoms with E-state index in [-0.39, 0.29) is 5.91 Å². The molecular weight excluding hydrogens is 230 g/mol. The fourth-order valence-electron chi connectivity index (χ4n) is 1.41. The van der Waals surface area contributed by atoms with Gasteiger partial charge in [-0.2, -0.15) is 10.4 Å². The summed E-state index contributed by atoms with van der Waals surface area (Å²) < 4.78 is 0. The number of hydrogen-bond acceptors (Lipinski definition) is 4. The molecule has 0 aliphatic carbocycles. The minimum absolute atomic E-state index is 0.307. The normalized spacial score (nSPS) is 9.78. The third-order valence-electron chi connectivity index (χ3n) is 2.50. The van der Waals surface area contributed by atoms with Crippen molar-refractivity contribution in [3.05, 3.63) is 41.1 Å². The minimum atomic E-state index is -0.322. The lowest BCUT2D eigenvalue weighted by atomic mass is 10.1. The molecule has 0 unspecified atom stereocenters. The van der Waals surface area contributed by atoms with Crippen molar-refractivity contribution < 1.29 is 4.79 Å². The Labute approximate surface area is 103 Å². The Bertz CT molecular complexity index is 621.